The number of likely N-dealkylation sites (N-methyl/N-ethyl adjacent to an activating group) is 1. The molecule has 4 heteroatoms. The van der Waals surface area contributed by atoms with Gasteiger partial charge in [-0.2, -0.15) is 11.8 Å². The Morgan fingerprint density at radius 3 is 2.82 bits per heavy atom. The maximum atomic E-state index is 12.3. The molecular weight excluding hydrogens is 232 g/mol. The highest BCUT2D eigenvalue weighted by atomic mass is 32.2. The van der Waals surface area contributed by atoms with Crippen LogP contribution in [-0.2, 0) is 4.79 Å². The molecule has 2 saturated heterocycles. The minimum absolute atomic E-state index is 0.0612. The zero-order chi connectivity index (χ0) is 12.1. The Hall–Kier alpha value is -0.220. The molecule has 0 spiro atoms. The molecule has 1 N–H and O–H groups in total. The van der Waals surface area contributed by atoms with E-state index in [-0.39, 0.29) is 6.04 Å². The van der Waals surface area contributed by atoms with Crippen LogP contribution in [0.2, 0.25) is 0 Å². The van der Waals surface area contributed by atoms with Crippen LogP contribution in [-0.4, -0.2) is 48.0 Å². The summed E-state index contributed by atoms with van der Waals surface area (Å²) < 4.78 is 0. The second-order valence-corrected chi connectivity index (χ2v) is 6.52. The fourth-order valence-corrected chi connectivity index (χ4v) is 4.07. The number of hydrogen-bond donors (Lipinski definition) is 1. The molecule has 0 radical (unpaired) electrons. The van der Waals surface area contributed by atoms with Gasteiger partial charge in [0.15, 0.2) is 0 Å². The molecule has 0 aromatic heterocycles. The van der Waals surface area contributed by atoms with Crippen LogP contribution in [0.1, 0.15) is 38.5 Å². The Balaban J connectivity index is 1.90. The average molecular weight is 256 g/mol. The molecule has 2 aliphatic rings. The molecule has 2 rings (SSSR count). The van der Waals surface area contributed by atoms with Crippen molar-refractivity contribution >= 4 is 17.7 Å². The lowest BCUT2D eigenvalue weighted by atomic mass is 10.1. The van der Waals surface area contributed by atoms with E-state index in [4.69, 9.17) is 0 Å². The second kappa shape index (κ2) is 6.64. The topological polar surface area (TPSA) is 32.3 Å². The van der Waals surface area contributed by atoms with Gasteiger partial charge in [0, 0.05) is 18.3 Å². The summed E-state index contributed by atoms with van der Waals surface area (Å²) >= 11 is 2.06. The van der Waals surface area contributed by atoms with Gasteiger partial charge in [-0.25, -0.2) is 0 Å². The van der Waals surface area contributed by atoms with Crippen molar-refractivity contribution in [1.29, 1.82) is 0 Å². The van der Waals surface area contributed by atoms with Crippen molar-refractivity contribution in [3.05, 3.63) is 0 Å². The molecule has 2 atom stereocenters. The first-order valence-electron chi connectivity index (χ1n) is 6.89. The highest BCUT2D eigenvalue weighted by Gasteiger charge is 2.27. The quantitative estimate of drug-likeness (QED) is 0.837. The summed E-state index contributed by atoms with van der Waals surface area (Å²) in [6.45, 7) is 1.94. The normalized spacial score (nSPS) is 31.4. The molecule has 0 aromatic carbocycles. The Morgan fingerprint density at radius 1 is 1.29 bits per heavy atom. The molecule has 0 aromatic rings. The maximum absolute atomic E-state index is 12.3. The molecule has 1 amide bonds. The van der Waals surface area contributed by atoms with Gasteiger partial charge < -0.3 is 10.2 Å². The summed E-state index contributed by atoms with van der Waals surface area (Å²) in [5.41, 5.74) is 0. The van der Waals surface area contributed by atoms with Crippen molar-refractivity contribution in [1.82, 2.24) is 10.2 Å². The SMILES string of the molecule is CNC1CCCCN(CC2CCCCS2)C1=O. The van der Waals surface area contributed by atoms with E-state index < -0.39 is 0 Å². The Labute approximate surface area is 109 Å². The van der Waals surface area contributed by atoms with Gasteiger partial charge in [-0.3, -0.25) is 4.79 Å². The van der Waals surface area contributed by atoms with Crippen molar-refractivity contribution in [2.45, 2.75) is 49.8 Å². The van der Waals surface area contributed by atoms with E-state index in [2.05, 4.69) is 22.0 Å². The average Bonchev–Trinajstić information content (AvgIpc) is 2.54. The number of nitrogens with one attached hydrogen (secondary N) is 1. The van der Waals surface area contributed by atoms with E-state index in [1.165, 1.54) is 37.9 Å². The summed E-state index contributed by atoms with van der Waals surface area (Å²) in [6.07, 6.45) is 7.33. The standard InChI is InChI=1S/C13H24N2OS/c1-14-12-7-2-4-8-15(13(12)16)10-11-6-3-5-9-17-11/h11-12,14H,2-10H2,1H3. The minimum Gasteiger partial charge on any atom is -0.340 e. The van der Waals surface area contributed by atoms with Gasteiger partial charge in [0.1, 0.15) is 0 Å². The molecule has 3 nitrogen and oxygen atoms in total. The lowest BCUT2D eigenvalue weighted by Gasteiger charge is -2.30. The van der Waals surface area contributed by atoms with Gasteiger partial charge in [-0.1, -0.05) is 6.42 Å². The third-order valence-corrected chi connectivity index (χ3v) is 5.21. The lowest BCUT2D eigenvalue weighted by molar-refractivity contribution is -0.132. The van der Waals surface area contributed by atoms with E-state index in [1.807, 2.05) is 7.05 Å². The minimum atomic E-state index is 0.0612. The Bertz CT molecular complexity index is 254. The van der Waals surface area contributed by atoms with Gasteiger partial charge in [-0.05, 0) is 44.9 Å². The zero-order valence-electron chi connectivity index (χ0n) is 10.8. The van der Waals surface area contributed by atoms with Crippen LogP contribution in [0.5, 0.6) is 0 Å². The monoisotopic (exact) mass is 256 g/mol. The van der Waals surface area contributed by atoms with E-state index in [0.29, 0.717) is 11.2 Å². The first kappa shape index (κ1) is 13.2. The van der Waals surface area contributed by atoms with E-state index in [1.54, 1.807) is 0 Å². The smallest absolute Gasteiger partial charge is 0.239 e. The van der Waals surface area contributed by atoms with Crippen molar-refractivity contribution in [2.75, 3.05) is 25.9 Å². The number of amides is 1. The number of likely N-dealkylation sites (tertiary alicyclic amines) is 1. The summed E-state index contributed by atoms with van der Waals surface area (Å²) in [5, 5.41) is 3.85. The Morgan fingerprint density at radius 2 is 2.12 bits per heavy atom. The molecule has 2 aliphatic heterocycles. The number of hydrogen-bond acceptors (Lipinski definition) is 3. The molecule has 98 valence electrons. The van der Waals surface area contributed by atoms with Crippen molar-refractivity contribution in [3.8, 4) is 0 Å². The van der Waals surface area contributed by atoms with E-state index >= 15 is 0 Å². The third-order valence-electron chi connectivity index (χ3n) is 3.83. The Kier molecular flexibility index (Phi) is 5.16. The molecule has 2 fully saturated rings. The number of nitrogens with zero attached hydrogens (tertiary/aromatic N) is 1. The fraction of sp³-hybridized carbons (Fsp3) is 0.923. The van der Waals surface area contributed by atoms with Gasteiger partial charge in [-0.15, -0.1) is 0 Å². The highest BCUT2D eigenvalue weighted by Crippen LogP contribution is 2.26. The van der Waals surface area contributed by atoms with Gasteiger partial charge in [0.05, 0.1) is 6.04 Å². The highest BCUT2D eigenvalue weighted by molar-refractivity contribution is 7.99. The lowest BCUT2D eigenvalue weighted by Crippen LogP contribution is -2.46. The second-order valence-electron chi connectivity index (χ2n) is 5.11. The zero-order valence-corrected chi connectivity index (χ0v) is 11.6. The van der Waals surface area contributed by atoms with E-state index in [9.17, 15) is 4.79 Å². The largest absolute Gasteiger partial charge is 0.340 e. The molecule has 17 heavy (non-hydrogen) atoms. The first-order chi connectivity index (χ1) is 8.31. The number of rotatable bonds is 3. The predicted molar refractivity (Wildman–Crippen MR) is 73.4 cm³/mol. The predicted octanol–water partition coefficient (Wildman–Crippen LogP) is 1.87. The molecule has 0 bridgehead atoms. The van der Waals surface area contributed by atoms with E-state index in [0.717, 1.165) is 19.5 Å². The van der Waals surface area contributed by atoms with Crippen LogP contribution in [0, 0.1) is 0 Å². The fourth-order valence-electron chi connectivity index (χ4n) is 2.75. The summed E-state index contributed by atoms with van der Waals surface area (Å²) in [4.78, 5) is 14.4. The molecular formula is C13H24N2OS. The van der Waals surface area contributed by atoms with Crippen molar-refractivity contribution in [2.24, 2.45) is 0 Å². The number of carbonyl (C=O) groups excluding carboxylic acids is 1. The van der Waals surface area contributed by atoms with Gasteiger partial charge >= 0.3 is 0 Å². The maximum Gasteiger partial charge on any atom is 0.239 e. The van der Waals surface area contributed by atoms with Crippen LogP contribution in [0.15, 0.2) is 0 Å². The number of thioether (sulfide) groups is 1. The molecule has 2 unspecified atom stereocenters. The first-order valence-corrected chi connectivity index (χ1v) is 7.94. The van der Waals surface area contributed by atoms with Crippen molar-refractivity contribution < 1.29 is 4.79 Å². The van der Waals surface area contributed by atoms with Crippen LogP contribution < -0.4 is 5.32 Å². The van der Waals surface area contributed by atoms with Crippen LogP contribution in [0.3, 0.4) is 0 Å². The number of carbonyl (C=O) groups is 1. The van der Waals surface area contributed by atoms with Crippen LogP contribution in [0.25, 0.3) is 0 Å². The van der Waals surface area contributed by atoms with Crippen molar-refractivity contribution in [3.63, 3.8) is 0 Å². The summed E-state index contributed by atoms with van der Waals surface area (Å²) in [6, 6.07) is 0.0612. The van der Waals surface area contributed by atoms with Crippen LogP contribution in [0.4, 0.5) is 0 Å². The van der Waals surface area contributed by atoms with Crippen LogP contribution >= 0.6 is 11.8 Å². The third kappa shape index (κ3) is 3.62. The summed E-state index contributed by atoms with van der Waals surface area (Å²) in [7, 11) is 1.90. The van der Waals surface area contributed by atoms with Gasteiger partial charge in [0.25, 0.3) is 0 Å². The summed E-state index contributed by atoms with van der Waals surface area (Å²) in [5.74, 6) is 1.61. The molecule has 0 saturated carbocycles. The molecule has 0 aliphatic carbocycles. The molecule has 2 heterocycles. The van der Waals surface area contributed by atoms with Gasteiger partial charge in [0.2, 0.25) is 5.91 Å².